The summed E-state index contributed by atoms with van der Waals surface area (Å²) in [6.45, 7) is 1.42. The Morgan fingerprint density at radius 2 is 2.20 bits per heavy atom. The largest absolute Gasteiger partial charge is 0.595 e. The van der Waals surface area contributed by atoms with Crippen LogP contribution < -0.4 is 21.2 Å². The Morgan fingerprint density at radius 3 is 2.85 bits per heavy atom. The van der Waals surface area contributed by atoms with Crippen molar-refractivity contribution in [3.8, 4) is 0 Å². The first kappa shape index (κ1) is 16.9. The second-order valence-electron chi connectivity index (χ2n) is 4.02. The van der Waals surface area contributed by atoms with Gasteiger partial charge in [0, 0.05) is 19.3 Å². The molecule has 0 fully saturated rings. The Labute approximate surface area is 122 Å². The number of hydrogen-bond acceptors (Lipinski definition) is 7. The zero-order valence-corrected chi connectivity index (χ0v) is 12.5. The predicted molar refractivity (Wildman–Crippen MR) is 78.9 cm³/mol. The van der Waals surface area contributed by atoms with E-state index in [4.69, 9.17) is 9.62 Å². The third kappa shape index (κ3) is 6.83. The maximum atomic E-state index is 10.5. The molecular formula is C12H22N4O3S. The summed E-state index contributed by atoms with van der Waals surface area (Å²) in [4.78, 5) is 0. The highest BCUT2D eigenvalue weighted by Crippen LogP contribution is 2.14. The number of quaternary nitrogens is 1. The molecule has 0 bridgehead atoms. The van der Waals surface area contributed by atoms with Crippen LogP contribution >= 0.6 is 11.8 Å². The zero-order valence-electron chi connectivity index (χ0n) is 11.7. The minimum Gasteiger partial charge on any atom is -0.595 e. The molecule has 0 aliphatic rings. The fourth-order valence-electron chi connectivity index (χ4n) is 1.53. The summed E-state index contributed by atoms with van der Waals surface area (Å²) < 4.78 is 5.62. The first-order valence-corrected chi connectivity index (χ1v) is 7.47. The molecule has 20 heavy (non-hydrogen) atoms. The lowest BCUT2D eigenvalue weighted by Crippen LogP contribution is -2.99. The Balaban J connectivity index is 2.18. The van der Waals surface area contributed by atoms with Crippen molar-refractivity contribution in [2.45, 2.75) is 12.3 Å². The molecule has 0 amide bonds. The van der Waals surface area contributed by atoms with Crippen molar-refractivity contribution in [1.29, 1.82) is 0 Å². The molecule has 0 aromatic carbocycles. The van der Waals surface area contributed by atoms with Crippen LogP contribution in [0.1, 0.15) is 11.5 Å². The third-order valence-electron chi connectivity index (χ3n) is 2.41. The van der Waals surface area contributed by atoms with Gasteiger partial charge >= 0.3 is 0 Å². The molecule has 1 aromatic heterocycles. The standard InChI is InChI=1S/C12H22N4O3S/c1-13-7-10-3-4-11(19-10)9-20-6-5-15-12(14-2)8-16(17)18/h3-4,8,13-17H,5-7,9H2,1-2H3. The topological polar surface area (TPSA) is 97.0 Å². The van der Waals surface area contributed by atoms with Crippen molar-refractivity contribution in [1.82, 2.24) is 16.0 Å². The van der Waals surface area contributed by atoms with Gasteiger partial charge in [0.2, 0.25) is 0 Å². The van der Waals surface area contributed by atoms with Gasteiger partial charge in [0.1, 0.15) is 11.5 Å². The SMILES string of the molecule is CNCc1ccc(CSCCNC(=C[NH+]([O-])O)NC)o1. The molecule has 0 spiro atoms. The quantitative estimate of drug-likeness (QED) is 0.297. The first-order chi connectivity index (χ1) is 9.65. The first-order valence-electron chi connectivity index (χ1n) is 6.32. The van der Waals surface area contributed by atoms with Gasteiger partial charge in [-0.2, -0.15) is 17.0 Å². The lowest BCUT2D eigenvalue weighted by molar-refractivity contribution is -1.00. The maximum Gasteiger partial charge on any atom is 0.167 e. The molecule has 1 heterocycles. The van der Waals surface area contributed by atoms with E-state index in [-0.39, 0.29) is 0 Å². The second kappa shape index (κ2) is 9.67. The highest BCUT2D eigenvalue weighted by molar-refractivity contribution is 7.98. The predicted octanol–water partition coefficient (Wildman–Crippen LogP) is -0.388. The van der Waals surface area contributed by atoms with Crippen molar-refractivity contribution in [3.05, 3.63) is 40.9 Å². The molecule has 1 aromatic rings. The molecule has 1 atom stereocenters. The van der Waals surface area contributed by atoms with Gasteiger partial charge in [-0.15, -0.1) is 0 Å². The molecule has 8 heteroatoms. The third-order valence-corrected chi connectivity index (χ3v) is 3.39. The van der Waals surface area contributed by atoms with E-state index in [0.717, 1.165) is 35.8 Å². The van der Waals surface area contributed by atoms with Crippen LogP contribution in [-0.4, -0.2) is 31.6 Å². The fourth-order valence-corrected chi connectivity index (χ4v) is 2.28. The van der Waals surface area contributed by atoms with Crippen LogP contribution in [0.2, 0.25) is 0 Å². The van der Waals surface area contributed by atoms with Crippen LogP contribution in [0.5, 0.6) is 0 Å². The Bertz CT molecular complexity index is 409. The van der Waals surface area contributed by atoms with E-state index in [1.807, 2.05) is 19.2 Å². The van der Waals surface area contributed by atoms with E-state index in [2.05, 4.69) is 16.0 Å². The van der Waals surface area contributed by atoms with Gasteiger partial charge in [-0.1, -0.05) is 0 Å². The van der Waals surface area contributed by atoms with Gasteiger partial charge in [-0.3, -0.25) is 0 Å². The van der Waals surface area contributed by atoms with Crippen molar-refractivity contribution in [3.63, 3.8) is 0 Å². The maximum absolute atomic E-state index is 10.5. The van der Waals surface area contributed by atoms with E-state index in [9.17, 15) is 5.21 Å². The number of thioether (sulfide) groups is 1. The molecule has 7 nitrogen and oxygen atoms in total. The van der Waals surface area contributed by atoms with E-state index >= 15 is 0 Å². The van der Waals surface area contributed by atoms with E-state index in [1.54, 1.807) is 18.8 Å². The van der Waals surface area contributed by atoms with Gasteiger partial charge in [-0.25, -0.2) is 5.21 Å². The number of furan rings is 1. The molecule has 0 aliphatic heterocycles. The Kier molecular flexibility index (Phi) is 8.16. The van der Waals surface area contributed by atoms with Gasteiger partial charge in [0.25, 0.3) is 0 Å². The average molecular weight is 302 g/mol. The van der Waals surface area contributed by atoms with E-state index in [0.29, 0.717) is 12.4 Å². The highest BCUT2D eigenvalue weighted by Gasteiger charge is 2.02. The van der Waals surface area contributed by atoms with Crippen LogP contribution in [-0.2, 0) is 12.3 Å². The summed E-state index contributed by atoms with van der Waals surface area (Å²) in [6.07, 6.45) is 1.11. The van der Waals surface area contributed by atoms with E-state index in [1.165, 1.54) is 0 Å². The summed E-state index contributed by atoms with van der Waals surface area (Å²) in [5.41, 5.74) is 0. The van der Waals surface area contributed by atoms with Crippen LogP contribution in [0.25, 0.3) is 0 Å². The summed E-state index contributed by atoms with van der Waals surface area (Å²) in [6, 6.07) is 3.95. The van der Waals surface area contributed by atoms with Crippen LogP contribution in [0.4, 0.5) is 0 Å². The molecule has 0 aliphatic carbocycles. The molecule has 1 unspecified atom stereocenters. The Hall–Kier alpha value is -1.19. The van der Waals surface area contributed by atoms with Crippen molar-refractivity contribution < 1.29 is 14.9 Å². The summed E-state index contributed by atoms with van der Waals surface area (Å²) >= 11 is 1.73. The molecule has 5 N–H and O–H groups in total. The second-order valence-corrected chi connectivity index (χ2v) is 5.13. The summed E-state index contributed by atoms with van der Waals surface area (Å²) in [5.74, 6) is 4.06. The van der Waals surface area contributed by atoms with Gasteiger partial charge in [0.15, 0.2) is 12.0 Å². The molecule has 114 valence electrons. The normalized spacial score (nSPS) is 13.3. The molecule has 0 saturated carbocycles. The zero-order chi connectivity index (χ0) is 14.8. The number of rotatable bonds is 10. The Morgan fingerprint density at radius 1 is 1.45 bits per heavy atom. The van der Waals surface area contributed by atoms with E-state index < -0.39 is 5.23 Å². The number of hydrogen-bond donors (Lipinski definition) is 5. The molecule has 0 radical (unpaired) electrons. The lowest BCUT2D eigenvalue weighted by atomic mass is 10.4. The van der Waals surface area contributed by atoms with Crippen LogP contribution in [0, 0.1) is 5.21 Å². The lowest BCUT2D eigenvalue weighted by Gasteiger charge is -2.12. The van der Waals surface area contributed by atoms with Crippen molar-refractivity contribution in [2.24, 2.45) is 0 Å². The van der Waals surface area contributed by atoms with Crippen LogP contribution in [0.15, 0.2) is 28.6 Å². The van der Waals surface area contributed by atoms with Gasteiger partial charge in [-0.05, 0) is 19.2 Å². The summed E-state index contributed by atoms with van der Waals surface area (Å²) in [5, 5.41) is 27.0. The average Bonchev–Trinajstić information content (AvgIpc) is 2.84. The van der Waals surface area contributed by atoms with Gasteiger partial charge < -0.3 is 25.6 Å². The van der Waals surface area contributed by atoms with Crippen LogP contribution in [0.3, 0.4) is 0 Å². The number of nitrogens with one attached hydrogen (secondary N) is 4. The summed E-state index contributed by atoms with van der Waals surface area (Å²) in [7, 11) is 3.56. The van der Waals surface area contributed by atoms with Crippen molar-refractivity contribution >= 4 is 11.8 Å². The number of hydroxylamine groups is 2. The van der Waals surface area contributed by atoms with Gasteiger partial charge in [0.05, 0.1) is 12.3 Å². The highest BCUT2D eigenvalue weighted by atomic mass is 32.2. The molecule has 1 rings (SSSR count). The fraction of sp³-hybridized carbons (Fsp3) is 0.500. The minimum atomic E-state index is -0.970. The monoisotopic (exact) mass is 302 g/mol. The van der Waals surface area contributed by atoms with Crippen molar-refractivity contribution in [2.75, 3.05) is 26.4 Å². The molecular weight excluding hydrogens is 280 g/mol. The molecule has 0 saturated heterocycles. The minimum absolute atomic E-state index is 0.507. The smallest absolute Gasteiger partial charge is 0.167 e.